The quantitative estimate of drug-likeness (QED) is 0.780. The van der Waals surface area contributed by atoms with Crippen LogP contribution in [0.15, 0.2) is 30.5 Å². The molecule has 88 valence electrons. The SMILES string of the molecule is COc1ccc(CC(=O)c2cnc(C)s2)cc1. The number of carbonyl (C=O) groups excluding carboxylic acids is 1. The van der Waals surface area contributed by atoms with E-state index in [0.29, 0.717) is 6.42 Å². The Hall–Kier alpha value is -1.68. The Morgan fingerprint density at radius 1 is 1.35 bits per heavy atom. The number of benzene rings is 1. The van der Waals surface area contributed by atoms with Gasteiger partial charge in [0.2, 0.25) is 0 Å². The van der Waals surface area contributed by atoms with Gasteiger partial charge in [0.25, 0.3) is 0 Å². The maximum atomic E-state index is 11.9. The molecule has 2 rings (SSSR count). The Balaban J connectivity index is 2.07. The van der Waals surface area contributed by atoms with Gasteiger partial charge in [-0.25, -0.2) is 4.98 Å². The van der Waals surface area contributed by atoms with Crippen molar-refractivity contribution in [1.29, 1.82) is 0 Å². The van der Waals surface area contributed by atoms with E-state index in [4.69, 9.17) is 4.74 Å². The van der Waals surface area contributed by atoms with Crippen molar-refractivity contribution in [3.63, 3.8) is 0 Å². The molecule has 0 spiro atoms. The van der Waals surface area contributed by atoms with Crippen LogP contribution in [0.4, 0.5) is 0 Å². The van der Waals surface area contributed by atoms with Crippen molar-refractivity contribution >= 4 is 17.1 Å². The maximum absolute atomic E-state index is 11.9. The fourth-order valence-electron chi connectivity index (χ4n) is 1.51. The second-order valence-corrected chi connectivity index (χ2v) is 4.93. The van der Waals surface area contributed by atoms with Crippen LogP contribution in [0.1, 0.15) is 20.2 Å². The summed E-state index contributed by atoms with van der Waals surface area (Å²) in [5.41, 5.74) is 0.988. The molecule has 0 saturated carbocycles. The van der Waals surface area contributed by atoms with Gasteiger partial charge < -0.3 is 4.74 Å². The molecule has 1 aromatic heterocycles. The highest BCUT2D eigenvalue weighted by atomic mass is 32.1. The molecule has 0 atom stereocenters. The largest absolute Gasteiger partial charge is 0.497 e. The van der Waals surface area contributed by atoms with Crippen LogP contribution in [0.2, 0.25) is 0 Å². The van der Waals surface area contributed by atoms with Crippen LogP contribution in [0.25, 0.3) is 0 Å². The number of nitrogens with zero attached hydrogens (tertiary/aromatic N) is 1. The van der Waals surface area contributed by atoms with E-state index < -0.39 is 0 Å². The number of hydrogen-bond acceptors (Lipinski definition) is 4. The van der Waals surface area contributed by atoms with Crippen LogP contribution in [0, 0.1) is 6.92 Å². The first kappa shape index (κ1) is 11.8. The molecule has 0 radical (unpaired) electrons. The highest BCUT2D eigenvalue weighted by Gasteiger charge is 2.09. The molecule has 1 aromatic carbocycles. The van der Waals surface area contributed by atoms with Gasteiger partial charge >= 0.3 is 0 Å². The van der Waals surface area contributed by atoms with E-state index in [2.05, 4.69) is 4.98 Å². The Kier molecular flexibility index (Phi) is 3.54. The van der Waals surface area contributed by atoms with Crippen molar-refractivity contribution in [2.45, 2.75) is 13.3 Å². The lowest BCUT2D eigenvalue weighted by Gasteiger charge is -2.01. The van der Waals surface area contributed by atoms with Gasteiger partial charge in [0.15, 0.2) is 5.78 Å². The number of Topliss-reactive ketones (excluding diaryl/α,β-unsaturated/α-hetero) is 1. The molecular weight excluding hydrogens is 234 g/mol. The molecule has 0 saturated heterocycles. The third kappa shape index (κ3) is 2.91. The Morgan fingerprint density at radius 3 is 2.59 bits per heavy atom. The van der Waals surface area contributed by atoms with Gasteiger partial charge in [-0.1, -0.05) is 12.1 Å². The van der Waals surface area contributed by atoms with Crippen LogP contribution in [0.5, 0.6) is 5.75 Å². The number of thiazole rings is 1. The van der Waals surface area contributed by atoms with Crippen molar-refractivity contribution in [3.8, 4) is 5.75 Å². The number of methoxy groups -OCH3 is 1. The number of ketones is 1. The first-order valence-corrected chi connectivity index (χ1v) is 6.09. The average Bonchev–Trinajstić information content (AvgIpc) is 2.77. The van der Waals surface area contributed by atoms with Crippen molar-refractivity contribution in [3.05, 3.63) is 45.9 Å². The van der Waals surface area contributed by atoms with E-state index in [0.717, 1.165) is 21.2 Å². The summed E-state index contributed by atoms with van der Waals surface area (Å²) in [5, 5.41) is 0.920. The summed E-state index contributed by atoms with van der Waals surface area (Å²) in [6.45, 7) is 1.90. The van der Waals surface area contributed by atoms with Crippen molar-refractivity contribution < 1.29 is 9.53 Å². The van der Waals surface area contributed by atoms with Gasteiger partial charge in [-0.05, 0) is 24.6 Å². The maximum Gasteiger partial charge on any atom is 0.178 e. The van der Waals surface area contributed by atoms with E-state index in [1.54, 1.807) is 13.3 Å². The Bertz CT molecular complexity index is 516. The molecular formula is C13H13NO2S. The van der Waals surface area contributed by atoms with Crippen LogP contribution >= 0.6 is 11.3 Å². The number of rotatable bonds is 4. The zero-order valence-corrected chi connectivity index (χ0v) is 10.6. The van der Waals surface area contributed by atoms with E-state index >= 15 is 0 Å². The van der Waals surface area contributed by atoms with Crippen molar-refractivity contribution in [2.24, 2.45) is 0 Å². The highest BCUT2D eigenvalue weighted by Crippen LogP contribution is 2.16. The lowest BCUT2D eigenvalue weighted by Crippen LogP contribution is -2.01. The molecule has 1 heterocycles. The molecule has 4 heteroatoms. The monoisotopic (exact) mass is 247 g/mol. The summed E-state index contributed by atoms with van der Waals surface area (Å²) in [4.78, 5) is 16.7. The first-order valence-electron chi connectivity index (χ1n) is 5.27. The topological polar surface area (TPSA) is 39.2 Å². The zero-order valence-electron chi connectivity index (χ0n) is 9.77. The average molecular weight is 247 g/mol. The molecule has 0 unspecified atom stereocenters. The zero-order chi connectivity index (χ0) is 12.3. The normalized spacial score (nSPS) is 10.2. The minimum Gasteiger partial charge on any atom is -0.497 e. The lowest BCUT2D eigenvalue weighted by atomic mass is 10.1. The van der Waals surface area contributed by atoms with E-state index in [9.17, 15) is 4.79 Å². The standard InChI is InChI=1S/C13H13NO2S/c1-9-14-8-13(17-9)12(15)7-10-3-5-11(16-2)6-4-10/h3-6,8H,7H2,1-2H3. The second-order valence-electron chi connectivity index (χ2n) is 3.69. The summed E-state index contributed by atoms with van der Waals surface area (Å²) < 4.78 is 5.07. The van der Waals surface area contributed by atoms with Gasteiger partial charge in [-0.2, -0.15) is 0 Å². The summed E-state index contributed by atoms with van der Waals surface area (Å²) in [6.07, 6.45) is 2.05. The van der Waals surface area contributed by atoms with Gasteiger partial charge in [0, 0.05) is 12.6 Å². The number of aromatic nitrogens is 1. The van der Waals surface area contributed by atoms with Crippen LogP contribution in [-0.4, -0.2) is 17.9 Å². The van der Waals surface area contributed by atoms with Gasteiger partial charge in [-0.3, -0.25) is 4.79 Å². The minimum atomic E-state index is 0.112. The fraction of sp³-hybridized carbons (Fsp3) is 0.231. The third-order valence-electron chi connectivity index (χ3n) is 2.42. The summed E-state index contributed by atoms with van der Waals surface area (Å²) in [7, 11) is 1.63. The van der Waals surface area contributed by atoms with Gasteiger partial charge in [0.1, 0.15) is 5.75 Å². The molecule has 0 bridgehead atoms. The van der Waals surface area contributed by atoms with Gasteiger partial charge in [-0.15, -0.1) is 11.3 Å². The molecule has 0 aliphatic heterocycles. The molecule has 0 fully saturated rings. The fourth-order valence-corrected chi connectivity index (χ4v) is 2.22. The Morgan fingerprint density at radius 2 is 2.06 bits per heavy atom. The van der Waals surface area contributed by atoms with E-state index in [1.165, 1.54) is 11.3 Å². The molecule has 3 nitrogen and oxygen atoms in total. The molecule has 2 aromatic rings. The van der Waals surface area contributed by atoms with Crippen LogP contribution in [0.3, 0.4) is 0 Å². The minimum absolute atomic E-state index is 0.112. The molecule has 0 aliphatic rings. The summed E-state index contributed by atoms with van der Waals surface area (Å²) in [5.74, 6) is 0.913. The van der Waals surface area contributed by atoms with E-state index in [1.807, 2.05) is 31.2 Å². The number of hydrogen-bond donors (Lipinski definition) is 0. The van der Waals surface area contributed by atoms with Crippen molar-refractivity contribution in [2.75, 3.05) is 7.11 Å². The predicted molar refractivity (Wildman–Crippen MR) is 67.9 cm³/mol. The number of aryl methyl sites for hydroxylation is 1. The number of ether oxygens (including phenoxy) is 1. The van der Waals surface area contributed by atoms with Crippen LogP contribution in [-0.2, 0) is 6.42 Å². The smallest absolute Gasteiger partial charge is 0.178 e. The molecule has 0 aliphatic carbocycles. The number of carbonyl (C=O) groups is 1. The second kappa shape index (κ2) is 5.10. The van der Waals surface area contributed by atoms with E-state index in [-0.39, 0.29) is 5.78 Å². The van der Waals surface area contributed by atoms with Gasteiger partial charge in [0.05, 0.1) is 17.0 Å². The highest BCUT2D eigenvalue weighted by molar-refractivity contribution is 7.13. The molecule has 17 heavy (non-hydrogen) atoms. The van der Waals surface area contributed by atoms with Crippen molar-refractivity contribution in [1.82, 2.24) is 4.98 Å². The van der Waals surface area contributed by atoms with Crippen LogP contribution < -0.4 is 4.74 Å². The molecule has 0 amide bonds. The third-order valence-corrected chi connectivity index (χ3v) is 3.37. The first-order chi connectivity index (χ1) is 8.19. The molecule has 0 N–H and O–H groups in total. The lowest BCUT2D eigenvalue weighted by molar-refractivity contribution is 0.0996. The summed E-state index contributed by atoms with van der Waals surface area (Å²) >= 11 is 1.44. The predicted octanol–water partition coefficient (Wildman–Crippen LogP) is 2.89. The Labute approximate surface area is 104 Å². The summed E-state index contributed by atoms with van der Waals surface area (Å²) in [6, 6.07) is 7.54.